The molecule has 1 aromatic carbocycles. The summed E-state index contributed by atoms with van der Waals surface area (Å²) in [7, 11) is 0. The van der Waals surface area contributed by atoms with Gasteiger partial charge in [-0.2, -0.15) is 5.10 Å². The second kappa shape index (κ2) is 6.90. The van der Waals surface area contributed by atoms with Crippen molar-refractivity contribution in [3.8, 4) is 0 Å². The smallest absolute Gasteiger partial charge is 0.224 e. The van der Waals surface area contributed by atoms with Crippen LogP contribution >= 0.6 is 0 Å². The van der Waals surface area contributed by atoms with Crippen LogP contribution in [-0.2, 0) is 11.3 Å². The molecule has 4 nitrogen and oxygen atoms in total. The number of aryl methyl sites for hydroxylation is 2. The van der Waals surface area contributed by atoms with Crippen molar-refractivity contribution in [1.29, 1.82) is 0 Å². The number of hydrogen-bond acceptors (Lipinski definition) is 2. The van der Waals surface area contributed by atoms with E-state index in [9.17, 15) is 4.79 Å². The SMILES string of the molecule is Cc1ccc(Cn2nc(C)c(NC(=O)CC3CC4CCC3C4)c2C)cc1. The van der Waals surface area contributed by atoms with Crippen molar-refractivity contribution in [2.75, 3.05) is 5.32 Å². The van der Waals surface area contributed by atoms with Crippen LogP contribution in [0.15, 0.2) is 24.3 Å². The van der Waals surface area contributed by atoms with E-state index in [4.69, 9.17) is 0 Å². The number of nitrogens with zero attached hydrogens (tertiary/aromatic N) is 2. The Bertz CT molecular complexity index is 806. The number of rotatable bonds is 5. The molecular formula is C22H29N3O. The molecular weight excluding hydrogens is 322 g/mol. The van der Waals surface area contributed by atoms with E-state index in [0.29, 0.717) is 12.3 Å². The molecule has 2 aliphatic rings. The van der Waals surface area contributed by atoms with Crippen LogP contribution in [0.5, 0.6) is 0 Å². The van der Waals surface area contributed by atoms with Gasteiger partial charge in [0.05, 0.1) is 23.6 Å². The van der Waals surface area contributed by atoms with Crippen LogP contribution in [-0.4, -0.2) is 15.7 Å². The van der Waals surface area contributed by atoms with Crippen molar-refractivity contribution in [3.05, 3.63) is 46.8 Å². The van der Waals surface area contributed by atoms with E-state index in [0.717, 1.165) is 35.5 Å². The molecule has 2 aliphatic carbocycles. The van der Waals surface area contributed by atoms with Crippen molar-refractivity contribution < 1.29 is 4.79 Å². The average Bonchev–Trinajstić information content (AvgIpc) is 3.29. The first kappa shape index (κ1) is 17.3. The minimum atomic E-state index is 0.156. The summed E-state index contributed by atoms with van der Waals surface area (Å²) in [4.78, 5) is 12.6. The maximum atomic E-state index is 12.6. The molecule has 3 atom stereocenters. The van der Waals surface area contributed by atoms with E-state index < -0.39 is 0 Å². The molecule has 4 heteroatoms. The van der Waals surface area contributed by atoms with Gasteiger partial charge in [0.15, 0.2) is 0 Å². The predicted molar refractivity (Wildman–Crippen MR) is 104 cm³/mol. The number of carbonyl (C=O) groups excluding carboxylic acids is 1. The van der Waals surface area contributed by atoms with Gasteiger partial charge in [-0.25, -0.2) is 0 Å². The van der Waals surface area contributed by atoms with Crippen molar-refractivity contribution in [1.82, 2.24) is 9.78 Å². The standard InChI is InChI=1S/C22H29N3O/c1-14-4-6-17(7-5-14)13-25-16(3)22(15(2)24-25)23-21(26)12-20-11-18-8-9-19(20)10-18/h4-7,18-20H,8-13H2,1-3H3,(H,23,26). The molecule has 4 rings (SSSR count). The van der Waals surface area contributed by atoms with Crippen molar-refractivity contribution in [3.63, 3.8) is 0 Å². The summed E-state index contributed by atoms with van der Waals surface area (Å²) in [6.45, 7) is 6.85. The second-order valence-electron chi connectivity index (χ2n) is 8.38. The van der Waals surface area contributed by atoms with Gasteiger partial charge in [-0.3, -0.25) is 9.48 Å². The molecule has 2 aromatic rings. The van der Waals surface area contributed by atoms with Crippen LogP contribution in [0.2, 0.25) is 0 Å². The predicted octanol–water partition coefficient (Wildman–Crippen LogP) is 4.62. The van der Waals surface area contributed by atoms with Crippen LogP contribution in [0.4, 0.5) is 5.69 Å². The third-order valence-electron chi connectivity index (χ3n) is 6.43. The Labute approximate surface area is 156 Å². The number of nitrogens with one attached hydrogen (secondary N) is 1. The number of hydrogen-bond donors (Lipinski definition) is 1. The monoisotopic (exact) mass is 351 g/mol. The molecule has 1 amide bonds. The number of fused-ring (bicyclic) bond motifs is 2. The molecule has 2 fully saturated rings. The van der Waals surface area contributed by atoms with E-state index in [1.54, 1.807) is 0 Å². The first-order valence-electron chi connectivity index (χ1n) is 9.89. The normalized spacial score (nSPS) is 24.2. The van der Waals surface area contributed by atoms with E-state index in [2.05, 4.69) is 41.6 Å². The van der Waals surface area contributed by atoms with Crippen LogP contribution in [0.1, 0.15) is 54.6 Å². The van der Waals surface area contributed by atoms with Crippen molar-refractivity contribution >= 4 is 11.6 Å². The van der Waals surface area contributed by atoms with Gasteiger partial charge in [0, 0.05) is 6.42 Å². The Kier molecular flexibility index (Phi) is 4.60. The summed E-state index contributed by atoms with van der Waals surface area (Å²) >= 11 is 0. The lowest BCUT2D eigenvalue weighted by Gasteiger charge is -2.20. The zero-order valence-corrected chi connectivity index (χ0v) is 16.1. The molecule has 26 heavy (non-hydrogen) atoms. The zero-order valence-electron chi connectivity index (χ0n) is 16.1. The Morgan fingerprint density at radius 2 is 1.92 bits per heavy atom. The van der Waals surface area contributed by atoms with E-state index in [1.807, 2.05) is 18.5 Å². The summed E-state index contributed by atoms with van der Waals surface area (Å²) in [5.74, 6) is 2.43. The summed E-state index contributed by atoms with van der Waals surface area (Å²) in [6, 6.07) is 8.52. The first-order valence-corrected chi connectivity index (χ1v) is 9.89. The molecule has 1 aromatic heterocycles. The van der Waals surface area contributed by atoms with E-state index >= 15 is 0 Å². The lowest BCUT2D eigenvalue weighted by Crippen LogP contribution is -2.20. The van der Waals surface area contributed by atoms with Gasteiger partial charge in [0.2, 0.25) is 5.91 Å². The number of amides is 1. The van der Waals surface area contributed by atoms with Gasteiger partial charge in [-0.1, -0.05) is 36.2 Å². The molecule has 0 aliphatic heterocycles. The third kappa shape index (κ3) is 3.42. The van der Waals surface area contributed by atoms with Gasteiger partial charge >= 0.3 is 0 Å². The number of aromatic nitrogens is 2. The molecule has 0 saturated heterocycles. The highest BCUT2D eigenvalue weighted by atomic mass is 16.1. The molecule has 3 unspecified atom stereocenters. The maximum absolute atomic E-state index is 12.6. The minimum absolute atomic E-state index is 0.156. The Morgan fingerprint density at radius 3 is 2.58 bits per heavy atom. The first-order chi connectivity index (χ1) is 12.5. The zero-order chi connectivity index (χ0) is 18.3. The van der Waals surface area contributed by atoms with E-state index in [1.165, 1.54) is 36.8 Å². The van der Waals surface area contributed by atoms with Crippen molar-refractivity contribution in [2.45, 2.75) is 59.4 Å². The van der Waals surface area contributed by atoms with Gasteiger partial charge in [0.25, 0.3) is 0 Å². The topological polar surface area (TPSA) is 46.9 Å². The fourth-order valence-electron chi connectivity index (χ4n) is 4.95. The number of benzene rings is 1. The lowest BCUT2D eigenvalue weighted by molar-refractivity contribution is -0.117. The highest BCUT2D eigenvalue weighted by Gasteiger charge is 2.40. The molecule has 2 bridgehead atoms. The van der Waals surface area contributed by atoms with Crippen LogP contribution in [0.25, 0.3) is 0 Å². The molecule has 0 spiro atoms. The lowest BCUT2D eigenvalue weighted by atomic mass is 9.86. The largest absolute Gasteiger partial charge is 0.323 e. The van der Waals surface area contributed by atoms with Crippen molar-refractivity contribution in [2.24, 2.45) is 17.8 Å². The van der Waals surface area contributed by atoms with E-state index in [-0.39, 0.29) is 5.91 Å². The third-order valence-corrected chi connectivity index (χ3v) is 6.43. The average molecular weight is 351 g/mol. The minimum Gasteiger partial charge on any atom is -0.323 e. The summed E-state index contributed by atoms with van der Waals surface area (Å²) in [6.07, 6.45) is 5.98. The molecule has 1 heterocycles. The van der Waals surface area contributed by atoms with Gasteiger partial charge < -0.3 is 5.32 Å². The van der Waals surface area contributed by atoms with Gasteiger partial charge in [0.1, 0.15) is 0 Å². The number of carbonyl (C=O) groups is 1. The quantitative estimate of drug-likeness (QED) is 0.854. The van der Waals surface area contributed by atoms with Gasteiger partial charge in [-0.15, -0.1) is 0 Å². The van der Waals surface area contributed by atoms with Gasteiger partial charge in [-0.05, 0) is 63.4 Å². The highest BCUT2D eigenvalue weighted by Crippen LogP contribution is 2.49. The Balaban J connectivity index is 1.42. The summed E-state index contributed by atoms with van der Waals surface area (Å²) in [5, 5.41) is 7.81. The highest BCUT2D eigenvalue weighted by molar-refractivity contribution is 5.92. The number of anilines is 1. The fraction of sp³-hybridized carbons (Fsp3) is 0.545. The fourth-order valence-corrected chi connectivity index (χ4v) is 4.95. The maximum Gasteiger partial charge on any atom is 0.224 e. The van der Waals surface area contributed by atoms with Crippen LogP contribution in [0, 0.1) is 38.5 Å². The van der Waals surface area contributed by atoms with Crippen LogP contribution < -0.4 is 5.32 Å². The molecule has 138 valence electrons. The summed E-state index contributed by atoms with van der Waals surface area (Å²) < 4.78 is 1.99. The van der Waals surface area contributed by atoms with Crippen LogP contribution in [0.3, 0.4) is 0 Å². The molecule has 1 N–H and O–H groups in total. The second-order valence-corrected chi connectivity index (χ2v) is 8.38. The summed E-state index contributed by atoms with van der Waals surface area (Å²) in [5.41, 5.74) is 5.31. The molecule has 0 radical (unpaired) electrons. The Hall–Kier alpha value is -2.10. The molecule has 2 saturated carbocycles. The Morgan fingerprint density at radius 1 is 1.15 bits per heavy atom.